The van der Waals surface area contributed by atoms with Gasteiger partial charge in [0, 0.05) is 33.6 Å². The highest BCUT2D eigenvalue weighted by atomic mass is 32.3. The average Bonchev–Trinajstić information content (AvgIpc) is 3.01. The standard InChI is InChI=1S/C13H17N7O6S.CH3/c1-3-19(6-7-26-27(23,24)25)11-5-4-10(8-12(11)20(21)22)15-16-13-14-9-18(2)17-13;/h4-5,8-9H,3,6-7H2,1-2H3,(H,23,24,25);1H3/q;+1/p-1. The summed E-state index contributed by atoms with van der Waals surface area (Å²) in [7, 11) is -3.17. The van der Waals surface area contributed by atoms with E-state index in [2.05, 4.69) is 24.5 Å². The fraction of sp³-hybridized carbons (Fsp3) is 0.357. The van der Waals surface area contributed by atoms with Gasteiger partial charge in [0.15, 0.2) is 0 Å². The Bertz CT molecular complexity index is 943. The van der Waals surface area contributed by atoms with Crippen LogP contribution in [0.4, 0.5) is 23.0 Å². The van der Waals surface area contributed by atoms with Gasteiger partial charge in [-0.2, -0.15) is 4.98 Å². The predicted octanol–water partition coefficient (Wildman–Crippen LogP) is 1.89. The van der Waals surface area contributed by atoms with Crippen molar-refractivity contribution in [1.82, 2.24) is 14.8 Å². The SMILES string of the molecule is CCN(CCOS(=O)(=O)[O-])c1ccc(N=Nc2ncn(C)n2)cc1[N+](=O)[O-].[CH3+]. The van der Waals surface area contributed by atoms with Crippen LogP contribution in [0.25, 0.3) is 0 Å². The summed E-state index contributed by atoms with van der Waals surface area (Å²) in [6.45, 7) is 1.58. The van der Waals surface area contributed by atoms with Gasteiger partial charge in [-0.05, 0) is 19.1 Å². The van der Waals surface area contributed by atoms with Gasteiger partial charge in [-0.25, -0.2) is 8.42 Å². The Morgan fingerprint density at radius 1 is 1.36 bits per heavy atom. The normalized spacial score (nSPS) is 11.4. The van der Waals surface area contributed by atoms with E-state index in [1.165, 1.54) is 34.1 Å². The molecule has 0 unspecified atom stereocenters. The summed E-state index contributed by atoms with van der Waals surface area (Å²) >= 11 is 0. The van der Waals surface area contributed by atoms with Crippen LogP contribution in [-0.4, -0.2) is 52.4 Å². The first-order chi connectivity index (χ1) is 12.7. The molecule has 0 aliphatic rings. The van der Waals surface area contributed by atoms with Crippen LogP contribution < -0.4 is 4.90 Å². The van der Waals surface area contributed by atoms with Gasteiger partial charge in [0.25, 0.3) is 11.6 Å². The van der Waals surface area contributed by atoms with Crippen molar-refractivity contribution < 1.29 is 22.1 Å². The molecule has 14 heteroatoms. The fourth-order valence-electron chi connectivity index (χ4n) is 2.16. The Hall–Kier alpha value is -3.10. The first-order valence-electron chi connectivity index (χ1n) is 7.60. The minimum atomic E-state index is -4.83. The first kappa shape index (κ1) is 22.9. The van der Waals surface area contributed by atoms with Crippen molar-refractivity contribution in [2.45, 2.75) is 6.92 Å². The van der Waals surface area contributed by atoms with Crippen molar-refractivity contribution in [1.29, 1.82) is 0 Å². The third-order valence-corrected chi connectivity index (χ3v) is 3.76. The maximum Gasteiger partial charge on any atom is 0.294 e. The first-order valence-corrected chi connectivity index (χ1v) is 8.94. The van der Waals surface area contributed by atoms with E-state index in [1.807, 2.05) is 0 Å². The van der Waals surface area contributed by atoms with E-state index in [-0.39, 0.29) is 37.0 Å². The molecule has 0 spiro atoms. The molecule has 2 rings (SSSR count). The average molecular weight is 413 g/mol. The van der Waals surface area contributed by atoms with E-state index < -0.39 is 21.9 Å². The maximum absolute atomic E-state index is 11.4. The lowest BCUT2D eigenvalue weighted by atomic mass is 10.2. The summed E-state index contributed by atoms with van der Waals surface area (Å²) in [5, 5.41) is 23.0. The molecule has 13 nitrogen and oxygen atoms in total. The zero-order chi connectivity index (χ0) is 20.0. The summed E-state index contributed by atoms with van der Waals surface area (Å²) in [5.41, 5.74) is 0.184. The zero-order valence-corrected chi connectivity index (χ0v) is 16.2. The number of nitro benzene ring substituents is 1. The molecule has 1 heterocycles. The molecule has 0 radical (unpaired) electrons. The molecule has 0 saturated heterocycles. The number of likely N-dealkylation sites (N-methyl/N-ethyl adjacent to an activating group) is 1. The van der Waals surface area contributed by atoms with Crippen LogP contribution in [0.5, 0.6) is 0 Å². The van der Waals surface area contributed by atoms with E-state index in [9.17, 15) is 23.1 Å². The van der Waals surface area contributed by atoms with Crippen molar-refractivity contribution in [3.63, 3.8) is 0 Å². The molecule has 0 fully saturated rings. The maximum atomic E-state index is 11.4. The lowest BCUT2D eigenvalue weighted by molar-refractivity contribution is -0.384. The van der Waals surface area contributed by atoms with Gasteiger partial charge >= 0.3 is 0 Å². The summed E-state index contributed by atoms with van der Waals surface area (Å²) in [4.78, 5) is 16.2. The highest BCUT2D eigenvalue weighted by Gasteiger charge is 2.19. The van der Waals surface area contributed by atoms with Gasteiger partial charge < -0.3 is 9.45 Å². The van der Waals surface area contributed by atoms with Gasteiger partial charge in [-0.1, -0.05) is 0 Å². The Morgan fingerprint density at radius 2 is 2.07 bits per heavy atom. The second-order valence-corrected chi connectivity index (χ2v) is 6.21. The zero-order valence-electron chi connectivity index (χ0n) is 15.4. The van der Waals surface area contributed by atoms with E-state index in [4.69, 9.17) is 0 Å². The van der Waals surface area contributed by atoms with Crippen LogP contribution >= 0.6 is 0 Å². The van der Waals surface area contributed by atoms with E-state index >= 15 is 0 Å². The Labute approximate surface area is 161 Å². The van der Waals surface area contributed by atoms with Crippen LogP contribution in [-0.2, 0) is 21.6 Å². The number of aryl methyl sites for hydroxylation is 1. The molecule has 1 aromatic heterocycles. The minimum absolute atomic E-state index is 0. The number of benzene rings is 1. The molecular weight excluding hydrogens is 394 g/mol. The number of nitro groups is 1. The lowest BCUT2D eigenvalue weighted by Crippen LogP contribution is -2.28. The van der Waals surface area contributed by atoms with Crippen LogP contribution in [0.2, 0.25) is 0 Å². The Balaban J connectivity index is 0.00000392. The molecule has 1 aromatic carbocycles. The van der Waals surface area contributed by atoms with Crippen molar-refractivity contribution in [2.24, 2.45) is 17.3 Å². The summed E-state index contributed by atoms with van der Waals surface area (Å²) < 4.78 is 37.1. The van der Waals surface area contributed by atoms with E-state index in [0.717, 1.165) is 0 Å². The number of aromatic nitrogens is 3. The highest BCUT2D eigenvalue weighted by molar-refractivity contribution is 7.80. The molecule has 0 amide bonds. The number of hydrogen-bond donors (Lipinski definition) is 0. The summed E-state index contributed by atoms with van der Waals surface area (Å²) in [6, 6.07) is 4.17. The lowest BCUT2D eigenvalue weighted by Gasteiger charge is -2.23. The quantitative estimate of drug-likeness (QED) is 0.149. The molecular formula is C14H19N7O6S. The van der Waals surface area contributed by atoms with Gasteiger partial charge in [-0.3, -0.25) is 19.0 Å². The number of hydrogen-bond acceptors (Lipinski definition) is 11. The smallest absolute Gasteiger partial charge is 0.294 e. The molecule has 0 N–H and O–H groups in total. The number of nitrogens with zero attached hydrogens (tertiary/aromatic N) is 7. The van der Waals surface area contributed by atoms with Crippen molar-refractivity contribution in [3.8, 4) is 0 Å². The Morgan fingerprint density at radius 3 is 2.61 bits per heavy atom. The molecule has 28 heavy (non-hydrogen) atoms. The summed E-state index contributed by atoms with van der Waals surface area (Å²) in [5.74, 6) is 0.107. The Kier molecular flexibility index (Phi) is 7.97. The topological polar surface area (TPSA) is 168 Å². The fourth-order valence-corrected chi connectivity index (χ4v) is 2.44. The van der Waals surface area contributed by atoms with E-state index in [1.54, 1.807) is 14.0 Å². The molecule has 0 bridgehead atoms. The second-order valence-electron chi connectivity index (χ2n) is 5.16. The highest BCUT2D eigenvalue weighted by Crippen LogP contribution is 2.32. The monoisotopic (exact) mass is 413 g/mol. The van der Waals surface area contributed by atoms with Crippen LogP contribution in [0, 0.1) is 17.5 Å². The third-order valence-electron chi connectivity index (χ3n) is 3.31. The van der Waals surface area contributed by atoms with Crippen LogP contribution in [0.15, 0.2) is 34.8 Å². The summed E-state index contributed by atoms with van der Waals surface area (Å²) in [6.07, 6.45) is 1.43. The van der Waals surface area contributed by atoms with Crippen molar-refractivity contribution in [3.05, 3.63) is 42.1 Å². The second kappa shape index (κ2) is 9.72. The molecule has 0 saturated carbocycles. The molecule has 0 aliphatic heterocycles. The van der Waals surface area contributed by atoms with Crippen LogP contribution in [0.1, 0.15) is 6.92 Å². The van der Waals surface area contributed by atoms with Crippen molar-refractivity contribution >= 4 is 33.4 Å². The minimum Gasteiger partial charge on any atom is -0.726 e. The predicted molar refractivity (Wildman–Crippen MR) is 98.2 cm³/mol. The molecule has 2 aromatic rings. The number of azo groups is 1. The van der Waals surface area contributed by atoms with Crippen LogP contribution in [0.3, 0.4) is 0 Å². The largest absolute Gasteiger partial charge is 0.726 e. The third kappa shape index (κ3) is 6.57. The van der Waals surface area contributed by atoms with Crippen molar-refractivity contribution in [2.75, 3.05) is 24.6 Å². The number of rotatable bonds is 9. The molecule has 152 valence electrons. The molecule has 0 aliphatic carbocycles. The van der Waals surface area contributed by atoms with Gasteiger partial charge in [0.1, 0.15) is 12.0 Å². The van der Waals surface area contributed by atoms with Gasteiger partial charge in [0.2, 0.25) is 10.4 Å². The molecule has 0 atom stereocenters. The van der Waals surface area contributed by atoms with E-state index in [0.29, 0.717) is 6.54 Å². The number of anilines is 1. The van der Waals surface area contributed by atoms with Gasteiger partial charge in [-0.15, -0.1) is 15.3 Å². The van der Waals surface area contributed by atoms with Gasteiger partial charge in [0.05, 0.1) is 17.2 Å².